The zero-order valence-corrected chi connectivity index (χ0v) is 14.8. The number of benzene rings is 3. The monoisotopic (exact) mass is 373 g/mol. The molecule has 0 aliphatic heterocycles. The smallest absolute Gasteiger partial charge is 0.186 e. The van der Waals surface area contributed by atoms with E-state index < -0.39 is 11.1 Å². The molecule has 3 rings (SSSR count). The lowest BCUT2D eigenvalue weighted by Gasteiger charge is -2.12. The van der Waals surface area contributed by atoms with Gasteiger partial charge < -0.3 is 14.6 Å². The summed E-state index contributed by atoms with van der Waals surface area (Å²) in [7, 11) is 0. The SMILES string of the molecule is O=S(O)c1ccc(Oc2ccc(Cl)cc2)cc1CNc1ccccc1. The van der Waals surface area contributed by atoms with Crippen molar-refractivity contribution >= 4 is 28.4 Å². The van der Waals surface area contributed by atoms with Crippen LogP contribution in [0.3, 0.4) is 0 Å². The third-order valence-corrected chi connectivity index (χ3v) is 4.55. The summed E-state index contributed by atoms with van der Waals surface area (Å²) in [5.41, 5.74) is 1.62. The number of hydrogen-bond donors (Lipinski definition) is 2. The van der Waals surface area contributed by atoms with Gasteiger partial charge in [-0.05, 0) is 60.2 Å². The molecule has 128 valence electrons. The topological polar surface area (TPSA) is 58.6 Å². The maximum Gasteiger partial charge on any atom is 0.186 e. The van der Waals surface area contributed by atoms with Crippen molar-refractivity contribution in [1.29, 1.82) is 0 Å². The van der Waals surface area contributed by atoms with Crippen LogP contribution in [-0.2, 0) is 17.6 Å². The predicted octanol–water partition coefficient (Wildman–Crippen LogP) is 5.33. The lowest BCUT2D eigenvalue weighted by molar-refractivity contribution is 0.481. The first-order valence-corrected chi connectivity index (χ1v) is 9.06. The van der Waals surface area contributed by atoms with Crippen molar-refractivity contribution < 1.29 is 13.5 Å². The standard InChI is InChI=1S/C19H16ClNO3S/c20-15-6-8-17(9-7-15)24-18-10-11-19(25(22)23)14(12-18)13-21-16-4-2-1-3-5-16/h1-12,21H,13H2,(H,22,23). The Morgan fingerprint density at radius 2 is 1.64 bits per heavy atom. The number of rotatable bonds is 6. The van der Waals surface area contributed by atoms with E-state index in [2.05, 4.69) is 5.32 Å². The molecule has 3 aromatic rings. The Morgan fingerprint density at radius 3 is 2.32 bits per heavy atom. The van der Waals surface area contributed by atoms with Crippen molar-refractivity contribution in [2.75, 3.05) is 5.32 Å². The summed E-state index contributed by atoms with van der Waals surface area (Å²) in [5.74, 6) is 1.23. The largest absolute Gasteiger partial charge is 0.457 e. The molecule has 1 atom stereocenters. The Labute approximate surface area is 153 Å². The van der Waals surface area contributed by atoms with Gasteiger partial charge >= 0.3 is 0 Å². The van der Waals surface area contributed by atoms with E-state index in [0.717, 1.165) is 5.69 Å². The molecule has 2 N–H and O–H groups in total. The van der Waals surface area contributed by atoms with Gasteiger partial charge in [0, 0.05) is 17.3 Å². The molecule has 3 aromatic carbocycles. The minimum atomic E-state index is -2.07. The summed E-state index contributed by atoms with van der Waals surface area (Å²) >= 11 is 3.80. The molecule has 0 amide bonds. The van der Waals surface area contributed by atoms with Crippen LogP contribution in [0.15, 0.2) is 77.7 Å². The summed E-state index contributed by atoms with van der Waals surface area (Å²) < 4.78 is 26.9. The molecule has 0 aliphatic rings. The van der Waals surface area contributed by atoms with Crippen LogP contribution >= 0.6 is 11.6 Å². The number of nitrogens with one attached hydrogen (secondary N) is 1. The van der Waals surface area contributed by atoms with Gasteiger partial charge in [-0.15, -0.1) is 0 Å². The highest BCUT2D eigenvalue weighted by Crippen LogP contribution is 2.27. The minimum Gasteiger partial charge on any atom is -0.457 e. The third-order valence-electron chi connectivity index (χ3n) is 3.53. The van der Waals surface area contributed by atoms with Crippen molar-refractivity contribution in [2.24, 2.45) is 0 Å². The second-order valence-corrected chi connectivity index (χ2v) is 6.67. The third kappa shape index (κ3) is 4.82. The van der Waals surface area contributed by atoms with E-state index in [1.165, 1.54) is 0 Å². The fourth-order valence-corrected chi connectivity index (χ4v) is 2.99. The predicted molar refractivity (Wildman–Crippen MR) is 101 cm³/mol. The summed E-state index contributed by atoms with van der Waals surface area (Å²) in [6.45, 7) is 0.406. The maximum atomic E-state index is 11.6. The molecular formula is C19H16ClNO3S. The minimum absolute atomic E-state index is 0.354. The molecule has 0 spiro atoms. The summed E-state index contributed by atoms with van der Waals surface area (Å²) in [4.78, 5) is 0.354. The Morgan fingerprint density at radius 1 is 0.960 bits per heavy atom. The van der Waals surface area contributed by atoms with Gasteiger partial charge in [0.1, 0.15) is 11.5 Å². The highest BCUT2D eigenvalue weighted by molar-refractivity contribution is 7.79. The van der Waals surface area contributed by atoms with Crippen LogP contribution in [0.5, 0.6) is 11.5 Å². The molecule has 0 heterocycles. The molecule has 4 nitrogen and oxygen atoms in total. The normalized spacial score (nSPS) is 11.8. The van der Waals surface area contributed by atoms with E-state index in [1.807, 2.05) is 30.3 Å². The van der Waals surface area contributed by atoms with E-state index in [4.69, 9.17) is 16.3 Å². The molecule has 0 fully saturated rings. The van der Waals surface area contributed by atoms with E-state index in [1.54, 1.807) is 42.5 Å². The van der Waals surface area contributed by atoms with E-state index in [9.17, 15) is 8.76 Å². The highest BCUT2D eigenvalue weighted by atomic mass is 35.5. The highest BCUT2D eigenvalue weighted by Gasteiger charge is 2.10. The zero-order valence-electron chi connectivity index (χ0n) is 13.2. The number of para-hydroxylation sites is 1. The van der Waals surface area contributed by atoms with E-state index in [0.29, 0.717) is 33.5 Å². The molecule has 25 heavy (non-hydrogen) atoms. The zero-order chi connectivity index (χ0) is 17.6. The number of halogens is 1. The first-order valence-electron chi connectivity index (χ1n) is 7.58. The van der Waals surface area contributed by atoms with Crippen LogP contribution in [0.2, 0.25) is 5.02 Å². The Hall–Kier alpha value is -2.34. The van der Waals surface area contributed by atoms with Crippen LogP contribution < -0.4 is 10.1 Å². The van der Waals surface area contributed by atoms with Gasteiger partial charge in [0.2, 0.25) is 0 Å². The molecule has 0 saturated carbocycles. The molecule has 0 aromatic heterocycles. The maximum absolute atomic E-state index is 11.6. The molecular weight excluding hydrogens is 358 g/mol. The van der Waals surface area contributed by atoms with Crippen molar-refractivity contribution in [3.05, 3.63) is 83.4 Å². The van der Waals surface area contributed by atoms with Crippen LogP contribution in [-0.4, -0.2) is 8.76 Å². The van der Waals surface area contributed by atoms with E-state index in [-0.39, 0.29) is 0 Å². The summed E-state index contributed by atoms with van der Waals surface area (Å²) in [6, 6.07) is 21.7. The van der Waals surface area contributed by atoms with Crippen molar-refractivity contribution in [1.82, 2.24) is 0 Å². The first-order chi connectivity index (χ1) is 12.1. The van der Waals surface area contributed by atoms with Crippen LogP contribution in [0.1, 0.15) is 5.56 Å². The number of ether oxygens (including phenoxy) is 1. The van der Waals surface area contributed by atoms with Gasteiger partial charge in [-0.3, -0.25) is 0 Å². The molecule has 0 bridgehead atoms. The molecule has 0 saturated heterocycles. The first kappa shape index (κ1) is 17.5. The second kappa shape index (κ2) is 8.16. The lowest BCUT2D eigenvalue weighted by Crippen LogP contribution is -2.04. The molecule has 0 radical (unpaired) electrons. The Bertz CT molecular complexity index is 870. The fourth-order valence-electron chi connectivity index (χ4n) is 2.32. The average Bonchev–Trinajstić information content (AvgIpc) is 2.63. The van der Waals surface area contributed by atoms with Crippen molar-refractivity contribution in [2.45, 2.75) is 11.4 Å². The van der Waals surface area contributed by atoms with Gasteiger partial charge in [-0.1, -0.05) is 29.8 Å². The quantitative estimate of drug-likeness (QED) is 0.574. The van der Waals surface area contributed by atoms with Crippen LogP contribution in [0, 0.1) is 0 Å². The molecule has 1 unspecified atom stereocenters. The fraction of sp³-hybridized carbons (Fsp3) is 0.0526. The Balaban J connectivity index is 1.81. The Kier molecular flexibility index (Phi) is 5.71. The van der Waals surface area contributed by atoms with Crippen LogP contribution in [0.25, 0.3) is 0 Å². The molecule has 6 heteroatoms. The van der Waals surface area contributed by atoms with Gasteiger partial charge in [0.15, 0.2) is 11.1 Å². The van der Waals surface area contributed by atoms with Gasteiger partial charge in [-0.25, -0.2) is 4.21 Å². The lowest BCUT2D eigenvalue weighted by atomic mass is 10.2. The summed E-state index contributed by atoms with van der Waals surface area (Å²) in [6.07, 6.45) is 0. The summed E-state index contributed by atoms with van der Waals surface area (Å²) in [5, 5.41) is 3.87. The number of hydrogen-bond acceptors (Lipinski definition) is 3. The van der Waals surface area contributed by atoms with Crippen molar-refractivity contribution in [3.8, 4) is 11.5 Å². The average molecular weight is 374 g/mol. The van der Waals surface area contributed by atoms with E-state index >= 15 is 0 Å². The molecule has 0 aliphatic carbocycles. The van der Waals surface area contributed by atoms with Gasteiger partial charge in [-0.2, -0.15) is 0 Å². The van der Waals surface area contributed by atoms with Crippen molar-refractivity contribution in [3.63, 3.8) is 0 Å². The van der Waals surface area contributed by atoms with Crippen LogP contribution in [0.4, 0.5) is 5.69 Å². The number of anilines is 1. The second-order valence-electron chi connectivity index (χ2n) is 5.29. The van der Waals surface area contributed by atoms with Gasteiger partial charge in [0.05, 0.1) is 4.90 Å². The van der Waals surface area contributed by atoms with Gasteiger partial charge in [0.25, 0.3) is 0 Å².